The zero-order valence-corrected chi connectivity index (χ0v) is 13.7. The average molecular weight is 411 g/mol. The second-order valence-corrected chi connectivity index (χ2v) is 6.08. The van der Waals surface area contributed by atoms with Gasteiger partial charge in [-0.2, -0.15) is 0 Å². The third kappa shape index (κ3) is 3.54. The molecule has 0 saturated carbocycles. The highest BCUT2D eigenvalue weighted by atomic mass is 79.9. The first-order valence-corrected chi connectivity index (χ1v) is 7.32. The molecule has 0 heterocycles. The molecule has 0 aliphatic carbocycles. The molecule has 0 unspecified atom stereocenters. The van der Waals surface area contributed by atoms with Crippen molar-refractivity contribution in [3.05, 3.63) is 55.4 Å². The fourth-order valence-electron chi connectivity index (χ4n) is 1.32. The number of halogens is 4. The molecule has 94 valence electrons. The molecule has 6 heteroatoms. The zero-order valence-electron chi connectivity index (χ0n) is 8.98. The van der Waals surface area contributed by atoms with E-state index >= 15 is 0 Å². The van der Waals surface area contributed by atoms with E-state index in [-0.39, 0.29) is 0 Å². The number of rotatable bonds is 3. The molecule has 2 aromatic carbocycles. The lowest BCUT2D eigenvalue weighted by Gasteiger charge is -2.13. The first kappa shape index (κ1) is 14.0. The van der Waals surface area contributed by atoms with Crippen molar-refractivity contribution in [1.29, 1.82) is 0 Å². The molecule has 18 heavy (non-hydrogen) atoms. The SMILES string of the molecule is Clc1ccc(NNc2cc(Cl)ccc2Br)c(Br)c1. The molecular weight excluding hydrogens is 403 g/mol. The van der Waals surface area contributed by atoms with Gasteiger partial charge in [0, 0.05) is 19.0 Å². The van der Waals surface area contributed by atoms with E-state index in [2.05, 4.69) is 42.7 Å². The molecule has 0 saturated heterocycles. The Bertz CT molecular complexity index is 576. The summed E-state index contributed by atoms with van der Waals surface area (Å²) in [6.45, 7) is 0. The minimum absolute atomic E-state index is 0.665. The van der Waals surface area contributed by atoms with Gasteiger partial charge in [-0.25, -0.2) is 0 Å². The summed E-state index contributed by atoms with van der Waals surface area (Å²) in [4.78, 5) is 0. The predicted octanol–water partition coefficient (Wildman–Crippen LogP) is 5.96. The normalized spacial score (nSPS) is 10.2. The maximum atomic E-state index is 5.94. The average Bonchev–Trinajstić information content (AvgIpc) is 2.32. The molecule has 0 fully saturated rings. The van der Waals surface area contributed by atoms with Crippen molar-refractivity contribution in [1.82, 2.24) is 0 Å². The van der Waals surface area contributed by atoms with Crippen LogP contribution in [0.2, 0.25) is 10.0 Å². The molecule has 0 aromatic heterocycles. The summed E-state index contributed by atoms with van der Waals surface area (Å²) < 4.78 is 1.80. The van der Waals surface area contributed by atoms with Crippen molar-refractivity contribution < 1.29 is 0 Å². The molecule has 2 rings (SSSR count). The Morgan fingerprint density at radius 1 is 0.722 bits per heavy atom. The van der Waals surface area contributed by atoms with Crippen LogP contribution in [0.4, 0.5) is 11.4 Å². The molecular formula is C12H8Br2Cl2N2. The third-order valence-electron chi connectivity index (χ3n) is 2.19. The van der Waals surface area contributed by atoms with Gasteiger partial charge < -0.3 is 0 Å². The monoisotopic (exact) mass is 408 g/mol. The topological polar surface area (TPSA) is 24.1 Å². The van der Waals surface area contributed by atoms with Crippen molar-refractivity contribution in [2.24, 2.45) is 0 Å². The summed E-state index contributed by atoms with van der Waals surface area (Å²) in [5.41, 5.74) is 7.89. The molecule has 0 amide bonds. The van der Waals surface area contributed by atoms with Crippen LogP contribution in [0.15, 0.2) is 45.3 Å². The maximum Gasteiger partial charge on any atom is 0.0696 e. The summed E-state index contributed by atoms with van der Waals surface area (Å²) >= 11 is 18.7. The Morgan fingerprint density at radius 3 is 2.06 bits per heavy atom. The van der Waals surface area contributed by atoms with Crippen molar-refractivity contribution in [3.63, 3.8) is 0 Å². The smallest absolute Gasteiger partial charge is 0.0696 e. The number of hydrogen-bond acceptors (Lipinski definition) is 2. The second-order valence-electron chi connectivity index (χ2n) is 3.50. The van der Waals surface area contributed by atoms with Crippen LogP contribution in [-0.2, 0) is 0 Å². The fraction of sp³-hybridized carbons (Fsp3) is 0. The molecule has 2 nitrogen and oxygen atoms in total. The largest absolute Gasteiger partial charge is 0.300 e. The number of hydrazine groups is 1. The van der Waals surface area contributed by atoms with Gasteiger partial charge in [0.25, 0.3) is 0 Å². The highest BCUT2D eigenvalue weighted by Crippen LogP contribution is 2.28. The Hall–Kier alpha value is -0.420. The van der Waals surface area contributed by atoms with Gasteiger partial charge in [0.1, 0.15) is 0 Å². The van der Waals surface area contributed by atoms with Crippen LogP contribution in [0.5, 0.6) is 0 Å². The summed E-state index contributed by atoms with van der Waals surface area (Å²) in [7, 11) is 0. The molecule has 0 spiro atoms. The van der Waals surface area contributed by atoms with E-state index in [1.807, 2.05) is 36.4 Å². The zero-order chi connectivity index (χ0) is 13.1. The van der Waals surface area contributed by atoms with E-state index in [1.54, 1.807) is 0 Å². The molecule has 2 N–H and O–H groups in total. The van der Waals surface area contributed by atoms with Gasteiger partial charge in [-0.15, -0.1) is 0 Å². The first-order valence-electron chi connectivity index (χ1n) is 4.98. The Morgan fingerprint density at radius 2 is 1.33 bits per heavy atom. The van der Waals surface area contributed by atoms with Gasteiger partial charge in [0.2, 0.25) is 0 Å². The van der Waals surface area contributed by atoms with E-state index in [4.69, 9.17) is 23.2 Å². The number of nitrogens with one attached hydrogen (secondary N) is 2. The maximum absolute atomic E-state index is 5.94. The highest BCUT2D eigenvalue weighted by Gasteiger charge is 2.03. The van der Waals surface area contributed by atoms with Crippen LogP contribution < -0.4 is 10.9 Å². The van der Waals surface area contributed by atoms with E-state index in [1.165, 1.54) is 0 Å². The summed E-state index contributed by atoms with van der Waals surface area (Å²) in [6, 6.07) is 11.0. The van der Waals surface area contributed by atoms with E-state index in [0.29, 0.717) is 10.0 Å². The van der Waals surface area contributed by atoms with E-state index < -0.39 is 0 Å². The predicted molar refractivity (Wildman–Crippen MR) is 85.5 cm³/mol. The van der Waals surface area contributed by atoms with Gasteiger partial charge in [-0.3, -0.25) is 10.9 Å². The first-order chi connectivity index (χ1) is 8.56. The lowest BCUT2D eigenvalue weighted by atomic mass is 10.3. The number of benzene rings is 2. The van der Waals surface area contributed by atoms with Gasteiger partial charge in [0.05, 0.1) is 11.4 Å². The lowest BCUT2D eigenvalue weighted by Crippen LogP contribution is -2.09. The summed E-state index contributed by atoms with van der Waals surface area (Å²) in [6.07, 6.45) is 0. The fourth-order valence-corrected chi connectivity index (χ4v) is 2.62. The molecule has 2 aromatic rings. The molecule has 0 aliphatic heterocycles. The van der Waals surface area contributed by atoms with Gasteiger partial charge in [-0.05, 0) is 68.3 Å². The summed E-state index contributed by atoms with van der Waals surface area (Å²) in [5.74, 6) is 0. The van der Waals surface area contributed by atoms with Crippen molar-refractivity contribution in [2.75, 3.05) is 10.9 Å². The van der Waals surface area contributed by atoms with Crippen LogP contribution in [0, 0.1) is 0 Å². The lowest BCUT2D eigenvalue weighted by molar-refractivity contribution is 1.39. The number of hydrogen-bond donors (Lipinski definition) is 2. The van der Waals surface area contributed by atoms with Crippen molar-refractivity contribution in [3.8, 4) is 0 Å². The Kier molecular flexibility index (Phi) is 4.78. The van der Waals surface area contributed by atoms with Crippen LogP contribution >= 0.6 is 55.1 Å². The molecule has 0 atom stereocenters. The van der Waals surface area contributed by atoms with E-state index in [9.17, 15) is 0 Å². The van der Waals surface area contributed by atoms with Gasteiger partial charge >= 0.3 is 0 Å². The van der Waals surface area contributed by atoms with Crippen molar-refractivity contribution >= 4 is 66.4 Å². The third-order valence-corrected chi connectivity index (χ3v) is 4.01. The van der Waals surface area contributed by atoms with Crippen LogP contribution in [0.3, 0.4) is 0 Å². The second kappa shape index (κ2) is 6.15. The number of anilines is 2. The van der Waals surface area contributed by atoms with Gasteiger partial charge in [0.15, 0.2) is 0 Å². The quantitative estimate of drug-likeness (QED) is 0.610. The minimum Gasteiger partial charge on any atom is -0.300 e. The molecule has 0 aliphatic rings. The van der Waals surface area contributed by atoms with Crippen molar-refractivity contribution in [2.45, 2.75) is 0 Å². The molecule has 0 bridgehead atoms. The summed E-state index contributed by atoms with van der Waals surface area (Å²) in [5, 5.41) is 1.34. The van der Waals surface area contributed by atoms with Gasteiger partial charge in [-0.1, -0.05) is 23.2 Å². The van der Waals surface area contributed by atoms with Crippen LogP contribution in [0.1, 0.15) is 0 Å². The Balaban J connectivity index is 2.13. The molecule has 0 radical (unpaired) electrons. The Labute approximate surface area is 132 Å². The van der Waals surface area contributed by atoms with E-state index in [0.717, 1.165) is 20.3 Å². The highest BCUT2D eigenvalue weighted by molar-refractivity contribution is 9.11. The van der Waals surface area contributed by atoms with Crippen LogP contribution in [0.25, 0.3) is 0 Å². The standard InChI is InChI=1S/C12H8Br2Cl2N2/c13-9-3-1-8(16)6-12(9)18-17-11-4-2-7(15)5-10(11)14/h1-6,17-18H. The van der Waals surface area contributed by atoms with Crippen LogP contribution in [-0.4, -0.2) is 0 Å². The minimum atomic E-state index is 0.665.